The van der Waals surface area contributed by atoms with E-state index in [1.807, 2.05) is 0 Å². The lowest BCUT2D eigenvalue weighted by Gasteiger charge is -2.29. The molecule has 1 aromatic heterocycles. The maximum absolute atomic E-state index is 12.6. The molecule has 4 rings (SSSR count). The fourth-order valence-corrected chi connectivity index (χ4v) is 3.78. The van der Waals surface area contributed by atoms with Gasteiger partial charge in [-0.3, -0.25) is 14.9 Å². The number of hydrogen-bond acceptors (Lipinski definition) is 8. The number of anilines is 2. The molecule has 1 fully saturated rings. The molecule has 30 heavy (non-hydrogen) atoms. The van der Waals surface area contributed by atoms with Crippen LogP contribution < -0.4 is 9.80 Å². The number of hydrogen-bond donors (Lipinski definition) is 0. The molecule has 0 N–H and O–H groups in total. The van der Waals surface area contributed by atoms with Crippen molar-refractivity contribution in [3.8, 4) is 0 Å². The summed E-state index contributed by atoms with van der Waals surface area (Å²) < 4.78 is 5.13. The van der Waals surface area contributed by atoms with Crippen molar-refractivity contribution in [2.45, 2.75) is 25.7 Å². The van der Waals surface area contributed by atoms with E-state index in [9.17, 15) is 19.7 Å². The van der Waals surface area contributed by atoms with Crippen molar-refractivity contribution in [3.05, 3.63) is 51.7 Å². The van der Waals surface area contributed by atoms with Crippen molar-refractivity contribution in [1.29, 1.82) is 0 Å². The Morgan fingerprint density at radius 1 is 1.07 bits per heavy atom. The van der Waals surface area contributed by atoms with Gasteiger partial charge in [-0.15, -0.1) is 10.2 Å². The van der Waals surface area contributed by atoms with E-state index in [0.717, 1.165) is 37.3 Å². The predicted octanol–water partition coefficient (Wildman–Crippen LogP) is 2.12. The Bertz CT molecular complexity index is 972. The molecule has 1 aromatic carbocycles. The first kappa shape index (κ1) is 19.7. The van der Waals surface area contributed by atoms with Gasteiger partial charge in [0.25, 0.3) is 11.6 Å². The number of benzene rings is 1. The Kier molecular flexibility index (Phi) is 5.55. The minimum atomic E-state index is -0.718. The molecule has 10 nitrogen and oxygen atoms in total. The summed E-state index contributed by atoms with van der Waals surface area (Å²) in [6.07, 6.45) is 3.55. The van der Waals surface area contributed by atoms with E-state index in [1.165, 1.54) is 17.0 Å². The third-order valence-electron chi connectivity index (χ3n) is 5.31. The number of esters is 1. The first-order chi connectivity index (χ1) is 14.5. The molecule has 156 valence electrons. The van der Waals surface area contributed by atoms with Gasteiger partial charge in [0.05, 0.1) is 4.92 Å². The second-order valence-corrected chi connectivity index (χ2v) is 7.27. The van der Waals surface area contributed by atoms with Crippen molar-refractivity contribution >= 4 is 29.1 Å². The summed E-state index contributed by atoms with van der Waals surface area (Å²) in [7, 11) is 0. The number of non-ortho nitro benzene ring substituents is 1. The van der Waals surface area contributed by atoms with E-state index in [-0.39, 0.29) is 17.3 Å². The standard InChI is InChI=1S/C20H21N5O5/c26-19(24-11-3-4-14-12-15(25(28)29)5-7-17(14)24)13-30-20(27)16-6-8-18(22-21-16)23-9-1-2-10-23/h5-8,12H,1-4,9-11,13H2. The molecule has 0 saturated carbocycles. The Morgan fingerprint density at radius 2 is 1.87 bits per heavy atom. The Morgan fingerprint density at radius 3 is 2.57 bits per heavy atom. The SMILES string of the molecule is O=C(OCC(=O)N1CCCc2cc([N+](=O)[O-])ccc21)c1ccc(N2CCCC2)nn1. The van der Waals surface area contributed by atoms with E-state index in [1.54, 1.807) is 18.2 Å². The number of fused-ring (bicyclic) bond motifs is 1. The van der Waals surface area contributed by atoms with Gasteiger partial charge in [0.1, 0.15) is 0 Å². The van der Waals surface area contributed by atoms with Gasteiger partial charge >= 0.3 is 5.97 Å². The van der Waals surface area contributed by atoms with Crippen LogP contribution in [0.3, 0.4) is 0 Å². The van der Waals surface area contributed by atoms with Crippen LogP contribution in [0.15, 0.2) is 30.3 Å². The van der Waals surface area contributed by atoms with E-state index < -0.39 is 17.5 Å². The highest BCUT2D eigenvalue weighted by atomic mass is 16.6. The van der Waals surface area contributed by atoms with Crippen LogP contribution in [-0.4, -0.2) is 53.2 Å². The highest BCUT2D eigenvalue weighted by Crippen LogP contribution is 2.30. The fourth-order valence-electron chi connectivity index (χ4n) is 3.78. The molecule has 2 aromatic rings. The molecule has 0 unspecified atom stereocenters. The summed E-state index contributed by atoms with van der Waals surface area (Å²) >= 11 is 0. The molecule has 0 spiro atoms. The monoisotopic (exact) mass is 411 g/mol. The lowest BCUT2D eigenvalue weighted by atomic mass is 10.0. The highest BCUT2D eigenvalue weighted by Gasteiger charge is 2.25. The smallest absolute Gasteiger partial charge is 0.359 e. The van der Waals surface area contributed by atoms with Crippen LogP contribution in [0, 0.1) is 10.1 Å². The van der Waals surface area contributed by atoms with Crippen LogP contribution in [0.25, 0.3) is 0 Å². The minimum Gasteiger partial charge on any atom is -0.451 e. The molecule has 1 amide bonds. The topological polar surface area (TPSA) is 119 Å². The molecule has 2 aliphatic rings. The van der Waals surface area contributed by atoms with Gasteiger partial charge in [-0.2, -0.15) is 0 Å². The van der Waals surface area contributed by atoms with Crippen molar-refractivity contribution < 1.29 is 19.2 Å². The van der Waals surface area contributed by atoms with Crippen molar-refractivity contribution in [2.24, 2.45) is 0 Å². The molecule has 0 bridgehead atoms. The Hall–Kier alpha value is -3.56. The average molecular weight is 411 g/mol. The number of carbonyl (C=O) groups is 2. The third-order valence-corrected chi connectivity index (χ3v) is 5.31. The number of carbonyl (C=O) groups excluding carboxylic acids is 2. The first-order valence-electron chi connectivity index (χ1n) is 9.86. The molecule has 10 heteroatoms. The first-order valence-corrected chi connectivity index (χ1v) is 9.86. The van der Waals surface area contributed by atoms with Crippen molar-refractivity contribution in [1.82, 2.24) is 10.2 Å². The third kappa shape index (κ3) is 4.07. The molecule has 0 atom stereocenters. The number of rotatable bonds is 5. The van der Waals surface area contributed by atoms with Crippen LogP contribution >= 0.6 is 0 Å². The molecule has 1 saturated heterocycles. The Balaban J connectivity index is 1.38. The summed E-state index contributed by atoms with van der Waals surface area (Å²) in [5, 5.41) is 19.0. The normalized spacial score (nSPS) is 15.6. The van der Waals surface area contributed by atoms with E-state index in [4.69, 9.17) is 4.74 Å². The van der Waals surface area contributed by atoms with Crippen molar-refractivity contribution in [3.63, 3.8) is 0 Å². The van der Waals surface area contributed by atoms with Gasteiger partial charge < -0.3 is 14.5 Å². The predicted molar refractivity (Wildman–Crippen MR) is 108 cm³/mol. The van der Waals surface area contributed by atoms with Crippen LogP contribution in [-0.2, 0) is 16.0 Å². The van der Waals surface area contributed by atoms with E-state index in [2.05, 4.69) is 15.1 Å². The maximum atomic E-state index is 12.6. The van der Waals surface area contributed by atoms with Crippen LogP contribution in [0.5, 0.6) is 0 Å². The second-order valence-electron chi connectivity index (χ2n) is 7.27. The minimum absolute atomic E-state index is 0.00886. The summed E-state index contributed by atoms with van der Waals surface area (Å²) in [5.74, 6) is -0.385. The lowest BCUT2D eigenvalue weighted by Crippen LogP contribution is -2.38. The summed E-state index contributed by atoms with van der Waals surface area (Å²) in [6, 6.07) is 7.69. The zero-order valence-corrected chi connectivity index (χ0v) is 16.3. The number of nitrogens with zero attached hydrogens (tertiary/aromatic N) is 5. The number of nitro groups is 1. The van der Waals surface area contributed by atoms with Gasteiger partial charge in [-0.05, 0) is 49.4 Å². The maximum Gasteiger partial charge on any atom is 0.359 e. The highest BCUT2D eigenvalue weighted by molar-refractivity contribution is 5.97. The van der Waals surface area contributed by atoms with Gasteiger partial charge in [0.2, 0.25) is 0 Å². The number of ether oxygens (including phenoxy) is 1. The largest absolute Gasteiger partial charge is 0.451 e. The van der Waals surface area contributed by atoms with Crippen LogP contribution in [0.4, 0.5) is 17.2 Å². The summed E-state index contributed by atoms with van der Waals surface area (Å²) in [5.41, 5.74) is 1.38. The van der Waals surface area contributed by atoms with E-state index >= 15 is 0 Å². The molecule has 0 radical (unpaired) electrons. The van der Waals surface area contributed by atoms with E-state index in [0.29, 0.717) is 25.1 Å². The lowest BCUT2D eigenvalue weighted by molar-refractivity contribution is -0.384. The van der Waals surface area contributed by atoms with Crippen molar-refractivity contribution in [2.75, 3.05) is 36.0 Å². The quantitative estimate of drug-likeness (QED) is 0.417. The van der Waals surface area contributed by atoms with Gasteiger partial charge in [-0.25, -0.2) is 4.79 Å². The summed E-state index contributed by atoms with van der Waals surface area (Å²) in [6.45, 7) is 1.87. The number of amides is 1. The van der Waals surface area contributed by atoms with Gasteiger partial charge in [0, 0.05) is 37.5 Å². The fraction of sp³-hybridized carbons (Fsp3) is 0.400. The number of aryl methyl sites for hydroxylation is 1. The zero-order chi connectivity index (χ0) is 21.1. The summed E-state index contributed by atoms with van der Waals surface area (Å²) in [4.78, 5) is 39.0. The van der Waals surface area contributed by atoms with Gasteiger partial charge in [0.15, 0.2) is 18.1 Å². The second kappa shape index (κ2) is 8.44. The molecular weight excluding hydrogens is 390 g/mol. The molecule has 2 aliphatic heterocycles. The number of aromatic nitrogens is 2. The molecular formula is C20H21N5O5. The van der Waals surface area contributed by atoms with Crippen LogP contribution in [0.1, 0.15) is 35.3 Å². The molecule has 3 heterocycles. The number of nitro benzene ring substituents is 1. The van der Waals surface area contributed by atoms with Crippen LogP contribution in [0.2, 0.25) is 0 Å². The Labute approximate surface area is 172 Å². The molecule has 0 aliphatic carbocycles. The average Bonchev–Trinajstić information content (AvgIpc) is 3.31. The van der Waals surface area contributed by atoms with Gasteiger partial charge in [-0.1, -0.05) is 0 Å². The zero-order valence-electron chi connectivity index (χ0n) is 16.3.